The molecule has 0 radical (unpaired) electrons. The van der Waals surface area contributed by atoms with Gasteiger partial charge >= 0.3 is 0 Å². The average Bonchev–Trinajstić information content (AvgIpc) is 3.44. The summed E-state index contributed by atoms with van der Waals surface area (Å²) in [5.74, 6) is 1.01. The van der Waals surface area contributed by atoms with Crippen molar-refractivity contribution in [2.45, 2.75) is 76.3 Å². The van der Waals surface area contributed by atoms with Crippen LogP contribution in [-0.4, -0.2) is 76.5 Å². The van der Waals surface area contributed by atoms with Gasteiger partial charge < -0.3 is 14.7 Å². The summed E-state index contributed by atoms with van der Waals surface area (Å²) in [4.78, 5) is 27.2. The highest BCUT2D eigenvalue weighted by Crippen LogP contribution is 2.29. The van der Waals surface area contributed by atoms with Gasteiger partial charge in [0.05, 0.1) is 23.7 Å². The number of halogens is 1. The number of aromatic nitrogens is 2. The van der Waals surface area contributed by atoms with Gasteiger partial charge in [-0.1, -0.05) is 54.4 Å². The summed E-state index contributed by atoms with van der Waals surface area (Å²) in [5, 5.41) is 14.3. The van der Waals surface area contributed by atoms with E-state index in [0.29, 0.717) is 6.42 Å². The Morgan fingerprint density at radius 3 is 2.33 bits per heavy atom. The van der Waals surface area contributed by atoms with Crippen molar-refractivity contribution >= 4 is 28.8 Å². The van der Waals surface area contributed by atoms with Gasteiger partial charge in [0.2, 0.25) is 0 Å². The number of ether oxygens (including phenoxy) is 1. The molecule has 0 bridgehead atoms. The second-order valence-electron chi connectivity index (χ2n) is 13.3. The number of nitrogens with zero attached hydrogens (tertiary/aromatic N) is 4. The van der Waals surface area contributed by atoms with E-state index in [1.54, 1.807) is 4.68 Å². The topological polar surface area (TPSA) is 87.9 Å². The standard InChI is InChI=1S/C38H45ClN4O2.CH2O2/c39-31-14-11-28(12-15-31)26-37-35-9-1-2-10-36(35)38(44)43(40-37)33-8-4-20-41(22-19-33)21-5-25-45-34-16-13-29-17-23-42(32-6-3-7-32)24-18-30(29)27-34;2-1-3/h1-2,9-16,27,32-33H,3-8,17-26H2;1H,(H,2,3). The van der Waals surface area contributed by atoms with E-state index in [1.165, 1.54) is 43.5 Å². The zero-order valence-corrected chi connectivity index (χ0v) is 28.5. The van der Waals surface area contributed by atoms with Gasteiger partial charge in [0.15, 0.2) is 0 Å². The van der Waals surface area contributed by atoms with E-state index in [4.69, 9.17) is 31.3 Å². The van der Waals surface area contributed by atoms with Crippen LogP contribution in [-0.2, 0) is 24.1 Å². The molecule has 9 heteroatoms. The highest BCUT2D eigenvalue weighted by atomic mass is 35.5. The molecule has 8 nitrogen and oxygen atoms in total. The fourth-order valence-corrected chi connectivity index (χ4v) is 7.58. The highest BCUT2D eigenvalue weighted by molar-refractivity contribution is 6.30. The first-order valence-corrected chi connectivity index (χ1v) is 17.9. The summed E-state index contributed by atoms with van der Waals surface area (Å²) in [7, 11) is 0. The number of rotatable bonds is 9. The minimum absolute atomic E-state index is 0.0220. The maximum atomic E-state index is 13.6. The van der Waals surface area contributed by atoms with Gasteiger partial charge in [0.25, 0.3) is 12.0 Å². The van der Waals surface area contributed by atoms with Crippen LogP contribution in [0.1, 0.15) is 73.4 Å². The second-order valence-corrected chi connectivity index (χ2v) is 13.8. The summed E-state index contributed by atoms with van der Waals surface area (Å²) in [6, 6.07) is 23.5. The third-order valence-corrected chi connectivity index (χ3v) is 10.6. The molecule has 3 aliphatic rings. The Hall–Kier alpha value is -3.72. The van der Waals surface area contributed by atoms with Crippen LogP contribution < -0.4 is 10.3 Å². The maximum absolute atomic E-state index is 13.6. The van der Waals surface area contributed by atoms with E-state index in [-0.39, 0.29) is 18.1 Å². The van der Waals surface area contributed by atoms with Crippen molar-refractivity contribution < 1.29 is 14.6 Å². The molecule has 1 aromatic heterocycles. The molecule has 0 spiro atoms. The van der Waals surface area contributed by atoms with E-state index in [2.05, 4.69) is 28.0 Å². The van der Waals surface area contributed by atoms with E-state index in [0.717, 1.165) is 104 Å². The van der Waals surface area contributed by atoms with Crippen LogP contribution in [0.25, 0.3) is 10.8 Å². The zero-order chi connectivity index (χ0) is 33.3. The Balaban J connectivity index is 0.00000129. The smallest absolute Gasteiger partial charge is 0.290 e. The van der Waals surface area contributed by atoms with Crippen molar-refractivity contribution in [1.29, 1.82) is 0 Å². The molecule has 1 N–H and O–H groups in total. The Labute approximate surface area is 288 Å². The summed E-state index contributed by atoms with van der Waals surface area (Å²) in [6.07, 6.45) is 11.1. The van der Waals surface area contributed by atoms with E-state index < -0.39 is 0 Å². The maximum Gasteiger partial charge on any atom is 0.290 e. The molecular weight excluding hydrogens is 624 g/mol. The number of hydrogen-bond donors (Lipinski definition) is 1. The van der Waals surface area contributed by atoms with Crippen LogP contribution in [0.5, 0.6) is 5.75 Å². The van der Waals surface area contributed by atoms with E-state index >= 15 is 0 Å². The second kappa shape index (κ2) is 16.6. The van der Waals surface area contributed by atoms with Crippen molar-refractivity contribution in [1.82, 2.24) is 19.6 Å². The molecule has 1 atom stereocenters. The lowest BCUT2D eigenvalue weighted by atomic mass is 9.91. The number of carboxylic acid groups (broad SMARTS) is 1. The van der Waals surface area contributed by atoms with Crippen molar-refractivity contribution in [3.8, 4) is 5.75 Å². The summed E-state index contributed by atoms with van der Waals surface area (Å²) in [5.41, 5.74) is 5.08. The van der Waals surface area contributed by atoms with Crippen molar-refractivity contribution in [3.05, 3.63) is 104 Å². The Morgan fingerprint density at radius 2 is 1.58 bits per heavy atom. The molecule has 2 aliphatic heterocycles. The fourth-order valence-electron chi connectivity index (χ4n) is 7.46. The summed E-state index contributed by atoms with van der Waals surface area (Å²) < 4.78 is 8.05. The van der Waals surface area contributed by atoms with Gasteiger partial charge in [0, 0.05) is 49.1 Å². The third kappa shape index (κ3) is 8.46. The molecule has 0 amide bonds. The first-order chi connectivity index (χ1) is 23.5. The van der Waals surface area contributed by atoms with Gasteiger partial charge in [-0.05, 0) is 105 Å². The van der Waals surface area contributed by atoms with Crippen LogP contribution in [0, 0.1) is 0 Å². The van der Waals surface area contributed by atoms with Crippen LogP contribution >= 0.6 is 11.6 Å². The van der Waals surface area contributed by atoms with Crippen LogP contribution in [0.4, 0.5) is 0 Å². The molecule has 48 heavy (non-hydrogen) atoms. The molecule has 1 saturated heterocycles. The Morgan fingerprint density at radius 1 is 0.854 bits per heavy atom. The number of carbonyl (C=O) groups is 1. The molecule has 4 aromatic rings. The number of benzene rings is 3. The number of fused-ring (bicyclic) bond motifs is 2. The first kappa shape index (κ1) is 34.2. The molecular formula is C39H47ClN4O4. The Bertz CT molecular complexity index is 1720. The largest absolute Gasteiger partial charge is 0.494 e. The first-order valence-electron chi connectivity index (χ1n) is 17.6. The minimum atomic E-state index is -0.250. The average molecular weight is 671 g/mol. The predicted octanol–water partition coefficient (Wildman–Crippen LogP) is 6.79. The Kier molecular flexibility index (Phi) is 11.8. The normalized spacial score (nSPS) is 18.9. The van der Waals surface area contributed by atoms with Crippen molar-refractivity contribution in [3.63, 3.8) is 0 Å². The lowest BCUT2D eigenvalue weighted by Crippen LogP contribution is -2.41. The number of hydrogen-bond acceptors (Lipinski definition) is 6. The minimum Gasteiger partial charge on any atom is -0.494 e. The lowest BCUT2D eigenvalue weighted by molar-refractivity contribution is -0.122. The van der Waals surface area contributed by atoms with E-state index in [9.17, 15) is 4.79 Å². The van der Waals surface area contributed by atoms with Crippen LogP contribution in [0.15, 0.2) is 71.5 Å². The molecule has 3 heterocycles. The van der Waals surface area contributed by atoms with Crippen molar-refractivity contribution in [2.75, 3.05) is 39.3 Å². The lowest BCUT2D eigenvalue weighted by Gasteiger charge is -2.36. The molecule has 254 valence electrons. The summed E-state index contributed by atoms with van der Waals surface area (Å²) >= 11 is 6.12. The number of likely N-dealkylation sites (tertiary alicyclic amines) is 1. The van der Waals surface area contributed by atoms with E-state index in [1.807, 2.05) is 48.5 Å². The molecule has 1 saturated carbocycles. The predicted molar refractivity (Wildman–Crippen MR) is 191 cm³/mol. The molecule has 3 aromatic carbocycles. The van der Waals surface area contributed by atoms with Gasteiger partial charge in [-0.15, -0.1) is 0 Å². The highest BCUT2D eigenvalue weighted by Gasteiger charge is 2.26. The summed E-state index contributed by atoms with van der Waals surface area (Å²) in [6.45, 7) is 5.89. The van der Waals surface area contributed by atoms with Crippen molar-refractivity contribution in [2.24, 2.45) is 0 Å². The third-order valence-electron chi connectivity index (χ3n) is 10.3. The molecule has 1 aliphatic carbocycles. The van der Waals surface area contributed by atoms with Gasteiger partial charge in [-0.3, -0.25) is 14.5 Å². The van der Waals surface area contributed by atoms with Gasteiger partial charge in [0.1, 0.15) is 5.75 Å². The molecule has 1 unspecified atom stereocenters. The fraction of sp³-hybridized carbons (Fsp3) is 0.462. The van der Waals surface area contributed by atoms with Gasteiger partial charge in [-0.2, -0.15) is 5.10 Å². The SMILES string of the molecule is O=CO.O=c1c2ccccc2c(Cc2ccc(Cl)cc2)nn1C1CCCN(CCCOc2ccc3c(c2)CCN(C2CCC2)CC3)CC1. The van der Waals surface area contributed by atoms with Crippen LogP contribution in [0.2, 0.25) is 5.02 Å². The quantitative estimate of drug-likeness (QED) is 0.155. The van der Waals surface area contributed by atoms with Crippen LogP contribution in [0.3, 0.4) is 0 Å². The zero-order valence-electron chi connectivity index (χ0n) is 27.7. The molecule has 2 fully saturated rings. The molecule has 7 rings (SSSR count). The van der Waals surface area contributed by atoms with Gasteiger partial charge in [-0.25, -0.2) is 4.68 Å². The monoisotopic (exact) mass is 670 g/mol.